The van der Waals surface area contributed by atoms with Crippen molar-refractivity contribution in [1.29, 1.82) is 0 Å². The first kappa shape index (κ1) is 15.7. The highest BCUT2D eigenvalue weighted by Crippen LogP contribution is 2.28. The quantitative estimate of drug-likeness (QED) is 0.523. The van der Waals surface area contributed by atoms with E-state index in [0.717, 1.165) is 22.2 Å². The number of benzene rings is 1. The van der Waals surface area contributed by atoms with E-state index in [4.69, 9.17) is 21.1 Å². The molecule has 1 aromatic carbocycles. The van der Waals surface area contributed by atoms with Crippen LogP contribution in [-0.4, -0.2) is 34.0 Å². The van der Waals surface area contributed by atoms with Gasteiger partial charge in [-0.1, -0.05) is 23.7 Å². The molecule has 0 bridgehead atoms. The van der Waals surface area contributed by atoms with Gasteiger partial charge in [-0.2, -0.15) is 5.10 Å². The molecule has 0 amide bonds. The van der Waals surface area contributed by atoms with E-state index < -0.39 is 0 Å². The van der Waals surface area contributed by atoms with Crippen molar-refractivity contribution in [3.8, 4) is 11.6 Å². The fourth-order valence-corrected chi connectivity index (χ4v) is 2.97. The predicted octanol–water partition coefficient (Wildman–Crippen LogP) is 3.70. The van der Waals surface area contributed by atoms with Gasteiger partial charge in [0.1, 0.15) is 16.8 Å². The third kappa shape index (κ3) is 2.85. The van der Waals surface area contributed by atoms with Gasteiger partial charge in [-0.25, -0.2) is 9.97 Å². The Hall–Kier alpha value is -2.86. The van der Waals surface area contributed by atoms with E-state index in [9.17, 15) is 0 Å². The SMILES string of the molecule is COc1ccc(Cn2cc3c(n2)c(Cl)nc2ccc(OC)nc23)cc1. The van der Waals surface area contributed by atoms with Gasteiger partial charge in [0.15, 0.2) is 5.15 Å². The van der Waals surface area contributed by atoms with Gasteiger partial charge in [0.05, 0.1) is 31.7 Å². The van der Waals surface area contributed by atoms with Crippen molar-refractivity contribution in [3.05, 3.63) is 53.3 Å². The van der Waals surface area contributed by atoms with Crippen LogP contribution in [0.3, 0.4) is 0 Å². The summed E-state index contributed by atoms with van der Waals surface area (Å²) < 4.78 is 12.2. The zero-order valence-corrected chi connectivity index (χ0v) is 14.5. The number of methoxy groups -OCH3 is 2. The van der Waals surface area contributed by atoms with Gasteiger partial charge in [0, 0.05) is 12.3 Å². The number of fused-ring (bicyclic) bond motifs is 3. The molecule has 25 heavy (non-hydrogen) atoms. The van der Waals surface area contributed by atoms with Crippen molar-refractivity contribution in [2.24, 2.45) is 0 Å². The summed E-state index contributed by atoms with van der Waals surface area (Å²) >= 11 is 6.30. The van der Waals surface area contributed by atoms with E-state index in [0.29, 0.717) is 28.6 Å². The molecule has 0 radical (unpaired) electrons. The van der Waals surface area contributed by atoms with E-state index in [1.807, 2.05) is 41.2 Å². The monoisotopic (exact) mass is 354 g/mol. The molecule has 0 N–H and O–H groups in total. The van der Waals surface area contributed by atoms with Crippen molar-refractivity contribution >= 4 is 33.5 Å². The maximum Gasteiger partial charge on any atom is 0.213 e. The van der Waals surface area contributed by atoms with Crippen molar-refractivity contribution in [2.75, 3.05) is 14.2 Å². The van der Waals surface area contributed by atoms with Gasteiger partial charge in [0.25, 0.3) is 0 Å². The van der Waals surface area contributed by atoms with E-state index in [1.165, 1.54) is 0 Å². The summed E-state index contributed by atoms with van der Waals surface area (Å²) in [5.41, 5.74) is 3.16. The van der Waals surface area contributed by atoms with Crippen LogP contribution in [0.25, 0.3) is 21.9 Å². The number of hydrogen-bond acceptors (Lipinski definition) is 5. The van der Waals surface area contributed by atoms with Crippen LogP contribution < -0.4 is 9.47 Å². The number of pyridine rings is 2. The third-order valence-corrected chi connectivity index (χ3v) is 4.26. The van der Waals surface area contributed by atoms with Crippen molar-refractivity contribution in [2.45, 2.75) is 6.54 Å². The van der Waals surface area contributed by atoms with E-state index in [2.05, 4.69) is 15.1 Å². The van der Waals surface area contributed by atoms with Gasteiger partial charge in [0.2, 0.25) is 5.88 Å². The first-order valence-corrected chi connectivity index (χ1v) is 8.06. The molecule has 0 aliphatic rings. The summed E-state index contributed by atoms with van der Waals surface area (Å²) in [4.78, 5) is 8.87. The Morgan fingerprint density at radius 2 is 1.76 bits per heavy atom. The molecule has 0 unspecified atom stereocenters. The summed E-state index contributed by atoms with van der Waals surface area (Å²) in [6.07, 6.45) is 1.93. The molecule has 4 rings (SSSR count). The van der Waals surface area contributed by atoms with Crippen LogP contribution in [0, 0.1) is 0 Å². The van der Waals surface area contributed by atoms with Gasteiger partial charge in [-0.15, -0.1) is 0 Å². The summed E-state index contributed by atoms with van der Waals surface area (Å²) in [7, 11) is 3.23. The predicted molar refractivity (Wildman–Crippen MR) is 96.5 cm³/mol. The van der Waals surface area contributed by atoms with E-state index in [-0.39, 0.29) is 0 Å². The highest BCUT2D eigenvalue weighted by atomic mass is 35.5. The summed E-state index contributed by atoms with van der Waals surface area (Å²) in [6, 6.07) is 11.5. The second-order valence-corrected chi connectivity index (χ2v) is 5.92. The first-order valence-electron chi connectivity index (χ1n) is 7.68. The number of hydrogen-bond donors (Lipinski definition) is 0. The maximum absolute atomic E-state index is 6.30. The molecule has 0 aliphatic heterocycles. The van der Waals surface area contributed by atoms with Crippen LogP contribution in [0.2, 0.25) is 5.15 Å². The van der Waals surface area contributed by atoms with Crippen LogP contribution in [0.4, 0.5) is 0 Å². The smallest absolute Gasteiger partial charge is 0.213 e. The molecule has 6 nitrogen and oxygen atoms in total. The molecule has 0 fully saturated rings. The van der Waals surface area contributed by atoms with Crippen molar-refractivity contribution in [1.82, 2.24) is 19.7 Å². The molecule has 0 saturated heterocycles. The van der Waals surface area contributed by atoms with Gasteiger partial charge < -0.3 is 9.47 Å². The van der Waals surface area contributed by atoms with Gasteiger partial charge >= 0.3 is 0 Å². The lowest BCUT2D eigenvalue weighted by molar-refractivity contribution is 0.399. The zero-order chi connectivity index (χ0) is 17.4. The maximum atomic E-state index is 6.30. The number of nitrogens with zero attached hydrogens (tertiary/aromatic N) is 4. The Balaban J connectivity index is 1.80. The minimum Gasteiger partial charge on any atom is -0.497 e. The fraction of sp³-hybridized carbons (Fsp3) is 0.167. The van der Waals surface area contributed by atoms with Crippen LogP contribution in [-0.2, 0) is 6.54 Å². The molecule has 126 valence electrons. The lowest BCUT2D eigenvalue weighted by Gasteiger charge is -2.03. The second-order valence-electron chi connectivity index (χ2n) is 5.56. The molecule has 7 heteroatoms. The number of ether oxygens (including phenoxy) is 2. The normalized spacial score (nSPS) is 11.2. The lowest BCUT2D eigenvalue weighted by Crippen LogP contribution is -1.99. The number of rotatable bonds is 4. The number of halogens is 1. The highest BCUT2D eigenvalue weighted by molar-refractivity contribution is 6.35. The average molecular weight is 355 g/mol. The van der Waals surface area contributed by atoms with Gasteiger partial charge in [-0.05, 0) is 23.8 Å². The molecular weight excluding hydrogens is 340 g/mol. The van der Waals surface area contributed by atoms with Crippen LogP contribution >= 0.6 is 11.6 Å². The van der Waals surface area contributed by atoms with Gasteiger partial charge in [-0.3, -0.25) is 4.68 Å². The van der Waals surface area contributed by atoms with Crippen LogP contribution in [0.5, 0.6) is 11.6 Å². The van der Waals surface area contributed by atoms with E-state index in [1.54, 1.807) is 20.3 Å². The molecule has 0 atom stereocenters. The minimum atomic E-state index is 0.364. The van der Waals surface area contributed by atoms with Crippen molar-refractivity contribution in [3.63, 3.8) is 0 Å². The molecule has 0 spiro atoms. The van der Waals surface area contributed by atoms with Crippen LogP contribution in [0.15, 0.2) is 42.6 Å². The Morgan fingerprint density at radius 3 is 2.48 bits per heavy atom. The number of aromatic nitrogens is 4. The Morgan fingerprint density at radius 1 is 0.960 bits per heavy atom. The molecule has 3 heterocycles. The largest absolute Gasteiger partial charge is 0.497 e. The standard InChI is InChI=1S/C18H15ClN4O2/c1-24-12-5-3-11(4-6-12)9-23-10-13-16-14(7-8-15(21-16)25-2)20-18(19)17(13)22-23/h3-8,10H,9H2,1-2H3. The average Bonchev–Trinajstić information content (AvgIpc) is 3.07. The fourth-order valence-electron chi connectivity index (χ4n) is 2.74. The highest BCUT2D eigenvalue weighted by Gasteiger charge is 2.13. The topological polar surface area (TPSA) is 62.1 Å². The molecule has 4 aromatic rings. The van der Waals surface area contributed by atoms with Crippen molar-refractivity contribution < 1.29 is 9.47 Å². The Labute approximate surface area is 149 Å². The Bertz CT molecular complexity index is 1060. The first-order chi connectivity index (χ1) is 12.2. The molecular formula is C18H15ClN4O2. The molecule has 3 aromatic heterocycles. The summed E-state index contributed by atoms with van der Waals surface area (Å²) in [5.74, 6) is 1.35. The second kappa shape index (κ2) is 6.22. The summed E-state index contributed by atoms with van der Waals surface area (Å²) in [5, 5.41) is 5.78. The third-order valence-electron chi connectivity index (χ3n) is 3.99. The molecule has 0 aliphatic carbocycles. The lowest BCUT2D eigenvalue weighted by atomic mass is 10.2. The Kier molecular flexibility index (Phi) is 3.89. The zero-order valence-electron chi connectivity index (χ0n) is 13.7. The summed E-state index contributed by atoms with van der Waals surface area (Å²) in [6.45, 7) is 0.612. The van der Waals surface area contributed by atoms with Crippen LogP contribution in [0.1, 0.15) is 5.56 Å². The molecule has 0 saturated carbocycles. The van der Waals surface area contributed by atoms with E-state index >= 15 is 0 Å². The minimum absolute atomic E-state index is 0.364.